The molecule has 1 fully saturated rings. The van der Waals surface area contributed by atoms with Gasteiger partial charge in [-0.25, -0.2) is 17.6 Å². The van der Waals surface area contributed by atoms with E-state index in [1.807, 2.05) is 0 Å². The molecule has 3 rings (SSSR count). The highest BCUT2D eigenvalue weighted by atomic mass is 35.5. The van der Waals surface area contributed by atoms with Gasteiger partial charge in [0.1, 0.15) is 5.82 Å². The molecule has 10 heteroatoms. The van der Waals surface area contributed by atoms with E-state index in [0.29, 0.717) is 18.7 Å². The topological polar surface area (TPSA) is 88.6 Å². The van der Waals surface area contributed by atoms with E-state index in [0.717, 1.165) is 25.3 Å². The molecule has 0 saturated carbocycles. The van der Waals surface area contributed by atoms with Crippen molar-refractivity contribution >= 4 is 28.4 Å². The van der Waals surface area contributed by atoms with Gasteiger partial charge in [-0.1, -0.05) is 6.07 Å². The minimum atomic E-state index is -4.14. The van der Waals surface area contributed by atoms with Gasteiger partial charge in [0.25, 0.3) is 0 Å². The molecule has 146 valence electrons. The maximum atomic E-state index is 13.8. The molecule has 7 nitrogen and oxygen atoms in total. The Labute approximate surface area is 163 Å². The highest BCUT2D eigenvalue weighted by Gasteiger charge is 2.37. The van der Waals surface area contributed by atoms with Crippen LogP contribution in [-0.2, 0) is 14.8 Å². The van der Waals surface area contributed by atoms with Crippen LogP contribution in [0.5, 0.6) is 0 Å². The maximum Gasteiger partial charge on any atom is 0.339 e. The van der Waals surface area contributed by atoms with E-state index >= 15 is 0 Å². The fourth-order valence-electron chi connectivity index (χ4n) is 2.95. The van der Waals surface area contributed by atoms with Gasteiger partial charge in [-0.15, -0.1) is 12.4 Å². The summed E-state index contributed by atoms with van der Waals surface area (Å²) in [7, 11) is -3.00. The Morgan fingerprint density at radius 1 is 1.37 bits per heavy atom. The SMILES string of the molecule is COC(=O)c1ccc(F)cc1S(=O)(=O)N1CCNCC1c1cccnc1.Cl. The van der Waals surface area contributed by atoms with Crippen LogP contribution >= 0.6 is 12.4 Å². The summed E-state index contributed by atoms with van der Waals surface area (Å²) in [5.74, 6) is -1.58. The molecule has 1 atom stereocenters. The van der Waals surface area contributed by atoms with Crippen LogP contribution in [0.4, 0.5) is 4.39 Å². The van der Waals surface area contributed by atoms with Gasteiger partial charge >= 0.3 is 5.97 Å². The van der Waals surface area contributed by atoms with E-state index in [4.69, 9.17) is 0 Å². The van der Waals surface area contributed by atoms with Crippen molar-refractivity contribution < 1.29 is 22.3 Å². The number of piperazine rings is 1. The average Bonchev–Trinajstić information content (AvgIpc) is 2.68. The summed E-state index contributed by atoms with van der Waals surface area (Å²) in [5.41, 5.74) is 0.511. The Kier molecular flexibility index (Phi) is 6.88. The lowest BCUT2D eigenvalue weighted by atomic mass is 10.1. The predicted octanol–water partition coefficient (Wildman–Crippen LogP) is 1.76. The molecule has 0 amide bonds. The number of benzene rings is 1. The first-order valence-corrected chi connectivity index (χ1v) is 9.39. The number of sulfonamides is 1. The van der Waals surface area contributed by atoms with Crippen molar-refractivity contribution in [3.05, 3.63) is 59.7 Å². The highest BCUT2D eigenvalue weighted by Crippen LogP contribution is 2.30. The molecule has 1 aliphatic heterocycles. The molecule has 1 aliphatic rings. The maximum absolute atomic E-state index is 13.8. The fraction of sp³-hybridized carbons (Fsp3) is 0.294. The Bertz CT molecular complexity index is 912. The van der Waals surface area contributed by atoms with Gasteiger partial charge in [0, 0.05) is 32.0 Å². The molecule has 0 bridgehead atoms. The lowest BCUT2D eigenvalue weighted by Gasteiger charge is -2.35. The van der Waals surface area contributed by atoms with Crippen LogP contribution in [0.2, 0.25) is 0 Å². The van der Waals surface area contributed by atoms with Crippen molar-refractivity contribution in [1.82, 2.24) is 14.6 Å². The van der Waals surface area contributed by atoms with Crippen LogP contribution in [0.25, 0.3) is 0 Å². The third-order valence-corrected chi connectivity index (χ3v) is 6.15. The number of carbonyl (C=O) groups excluding carboxylic acids is 1. The molecule has 27 heavy (non-hydrogen) atoms. The summed E-state index contributed by atoms with van der Waals surface area (Å²) in [6.45, 7) is 1.01. The second-order valence-corrected chi connectivity index (χ2v) is 7.61. The third kappa shape index (κ3) is 4.27. The summed E-state index contributed by atoms with van der Waals surface area (Å²) in [5, 5.41) is 3.15. The summed E-state index contributed by atoms with van der Waals surface area (Å²) in [6.07, 6.45) is 3.19. The molecule has 1 aromatic heterocycles. The van der Waals surface area contributed by atoms with E-state index in [-0.39, 0.29) is 24.5 Å². The Balaban J connectivity index is 0.00000261. The number of esters is 1. The lowest BCUT2D eigenvalue weighted by Crippen LogP contribution is -2.48. The number of aromatic nitrogens is 1. The van der Waals surface area contributed by atoms with E-state index in [2.05, 4.69) is 15.0 Å². The normalized spacial score (nSPS) is 17.8. The van der Waals surface area contributed by atoms with Crippen LogP contribution in [0.3, 0.4) is 0 Å². The second kappa shape index (κ2) is 8.75. The minimum absolute atomic E-state index is 0. The molecule has 0 aliphatic carbocycles. The smallest absolute Gasteiger partial charge is 0.339 e. The monoisotopic (exact) mass is 415 g/mol. The number of hydrogen-bond donors (Lipinski definition) is 1. The number of ether oxygens (including phenoxy) is 1. The van der Waals surface area contributed by atoms with Crippen molar-refractivity contribution in [2.75, 3.05) is 26.7 Å². The minimum Gasteiger partial charge on any atom is -0.465 e. The van der Waals surface area contributed by atoms with Gasteiger partial charge < -0.3 is 10.1 Å². The number of methoxy groups -OCH3 is 1. The Morgan fingerprint density at radius 3 is 2.81 bits per heavy atom. The number of rotatable bonds is 4. The first kappa shape index (κ1) is 21.2. The zero-order valence-electron chi connectivity index (χ0n) is 14.5. The number of nitrogens with one attached hydrogen (secondary N) is 1. The first-order valence-electron chi connectivity index (χ1n) is 7.95. The molecule has 1 unspecified atom stereocenters. The highest BCUT2D eigenvalue weighted by molar-refractivity contribution is 7.89. The Hall–Kier alpha value is -2.07. The average molecular weight is 416 g/mol. The van der Waals surface area contributed by atoms with Crippen LogP contribution in [-0.4, -0.2) is 50.4 Å². The number of halogens is 2. The molecule has 1 N–H and O–H groups in total. The van der Waals surface area contributed by atoms with Gasteiger partial charge in [0.05, 0.1) is 23.6 Å². The molecular weight excluding hydrogens is 397 g/mol. The summed E-state index contributed by atoms with van der Waals surface area (Å²) in [6, 6.07) is 5.98. The van der Waals surface area contributed by atoms with Gasteiger partial charge in [-0.2, -0.15) is 4.31 Å². The Morgan fingerprint density at radius 2 is 2.15 bits per heavy atom. The van der Waals surface area contributed by atoms with Crippen molar-refractivity contribution in [1.29, 1.82) is 0 Å². The van der Waals surface area contributed by atoms with Crippen molar-refractivity contribution in [2.45, 2.75) is 10.9 Å². The molecule has 1 aromatic carbocycles. The van der Waals surface area contributed by atoms with E-state index in [1.165, 1.54) is 4.31 Å². The van der Waals surface area contributed by atoms with Crippen molar-refractivity contribution in [3.63, 3.8) is 0 Å². The van der Waals surface area contributed by atoms with E-state index in [9.17, 15) is 17.6 Å². The van der Waals surface area contributed by atoms with Crippen molar-refractivity contribution in [2.24, 2.45) is 0 Å². The predicted molar refractivity (Wildman–Crippen MR) is 98.7 cm³/mol. The number of nitrogens with zero attached hydrogens (tertiary/aromatic N) is 2. The summed E-state index contributed by atoms with van der Waals surface area (Å²) < 4.78 is 46.2. The standard InChI is InChI=1S/C17H18FN3O4S.ClH/c1-25-17(22)14-5-4-13(18)9-16(14)26(23,24)21-8-7-20-11-15(21)12-3-2-6-19-10-12;/h2-6,9-10,15,20H,7-8,11H2,1H3;1H. The van der Waals surface area contributed by atoms with Gasteiger partial charge in [0.2, 0.25) is 10.0 Å². The van der Waals surface area contributed by atoms with E-state index in [1.54, 1.807) is 24.5 Å². The summed E-state index contributed by atoms with van der Waals surface area (Å²) in [4.78, 5) is 15.6. The van der Waals surface area contributed by atoms with Gasteiger partial charge in [-0.3, -0.25) is 4.98 Å². The van der Waals surface area contributed by atoms with E-state index < -0.39 is 32.7 Å². The van der Waals surface area contributed by atoms with Crippen LogP contribution in [0, 0.1) is 5.82 Å². The van der Waals surface area contributed by atoms with Gasteiger partial charge in [-0.05, 0) is 29.8 Å². The molecule has 1 saturated heterocycles. The van der Waals surface area contributed by atoms with Crippen molar-refractivity contribution in [3.8, 4) is 0 Å². The quantitative estimate of drug-likeness (QED) is 0.765. The summed E-state index contributed by atoms with van der Waals surface area (Å²) >= 11 is 0. The lowest BCUT2D eigenvalue weighted by molar-refractivity contribution is 0.0596. The third-order valence-electron chi connectivity index (χ3n) is 4.20. The molecule has 2 aromatic rings. The largest absolute Gasteiger partial charge is 0.465 e. The fourth-order valence-corrected chi connectivity index (χ4v) is 4.75. The van der Waals surface area contributed by atoms with Crippen LogP contribution in [0.15, 0.2) is 47.6 Å². The molecular formula is C17H19ClFN3O4S. The zero-order chi connectivity index (χ0) is 18.7. The molecule has 0 radical (unpaired) electrons. The first-order chi connectivity index (χ1) is 12.4. The number of pyridine rings is 1. The number of carbonyl (C=O) groups is 1. The van der Waals surface area contributed by atoms with Crippen LogP contribution < -0.4 is 5.32 Å². The molecule has 2 heterocycles. The number of hydrogen-bond acceptors (Lipinski definition) is 6. The van der Waals surface area contributed by atoms with Crippen LogP contribution in [0.1, 0.15) is 22.0 Å². The zero-order valence-corrected chi connectivity index (χ0v) is 16.1. The molecule has 0 spiro atoms. The van der Waals surface area contributed by atoms with Gasteiger partial charge in [0.15, 0.2) is 0 Å². The second-order valence-electron chi connectivity index (χ2n) is 5.75.